The molecule has 1 N–H and O–H groups in total. The fourth-order valence-electron chi connectivity index (χ4n) is 1.50. The summed E-state index contributed by atoms with van der Waals surface area (Å²) in [6, 6.07) is 0. The molecule has 2 nitrogen and oxygen atoms in total. The Labute approximate surface area is 77.0 Å². The Bertz CT molecular complexity index is 276. The van der Waals surface area contributed by atoms with Gasteiger partial charge in [-0.25, -0.2) is 4.98 Å². The van der Waals surface area contributed by atoms with Crippen molar-refractivity contribution in [1.82, 2.24) is 10.3 Å². The third-order valence-corrected chi connectivity index (χ3v) is 3.39. The van der Waals surface area contributed by atoms with Gasteiger partial charge in [-0.2, -0.15) is 0 Å². The lowest BCUT2D eigenvalue weighted by molar-refractivity contribution is 0.543. The lowest BCUT2D eigenvalue weighted by atomic mass is 10.1. The Morgan fingerprint density at radius 1 is 1.67 bits per heavy atom. The van der Waals surface area contributed by atoms with Gasteiger partial charge in [0.05, 0.1) is 10.7 Å². The Hall–Kier alpha value is -0.410. The van der Waals surface area contributed by atoms with E-state index in [2.05, 4.69) is 22.6 Å². The zero-order chi connectivity index (χ0) is 8.60. The number of hydrogen-bond donors (Lipinski definition) is 1. The molecule has 12 heavy (non-hydrogen) atoms. The molecule has 0 bridgehead atoms. The second-order valence-corrected chi connectivity index (χ2v) is 4.63. The van der Waals surface area contributed by atoms with Crippen LogP contribution >= 0.6 is 11.3 Å². The van der Waals surface area contributed by atoms with Crippen LogP contribution in [-0.4, -0.2) is 17.6 Å². The second kappa shape index (κ2) is 2.82. The van der Waals surface area contributed by atoms with Crippen molar-refractivity contribution in [1.29, 1.82) is 0 Å². The molecule has 0 unspecified atom stereocenters. The van der Waals surface area contributed by atoms with E-state index < -0.39 is 0 Å². The predicted octanol–water partition coefficient (Wildman–Crippen LogP) is 1.75. The fourth-order valence-corrected chi connectivity index (χ4v) is 2.11. The number of aromatic nitrogens is 1. The highest BCUT2D eigenvalue weighted by Crippen LogP contribution is 2.38. The van der Waals surface area contributed by atoms with E-state index in [4.69, 9.17) is 0 Å². The van der Waals surface area contributed by atoms with Crippen LogP contribution in [0.1, 0.15) is 23.5 Å². The lowest BCUT2D eigenvalue weighted by Gasteiger charge is -2.11. The van der Waals surface area contributed by atoms with Gasteiger partial charge in [-0.3, -0.25) is 0 Å². The summed E-state index contributed by atoms with van der Waals surface area (Å²) >= 11 is 1.74. The molecule has 0 saturated heterocycles. The van der Waals surface area contributed by atoms with Crippen molar-refractivity contribution >= 4 is 11.3 Å². The molecule has 2 rings (SSSR count). The van der Waals surface area contributed by atoms with Gasteiger partial charge in [0.1, 0.15) is 0 Å². The quantitative estimate of drug-likeness (QED) is 0.770. The van der Waals surface area contributed by atoms with Crippen LogP contribution in [0.5, 0.6) is 0 Å². The molecular weight excluding hydrogens is 168 g/mol. The largest absolute Gasteiger partial charge is 0.314 e. The number of likely N-dealkylation sites (N-methyl/N-ethyl adjacent to an activating group) is 1. The zero-order valence-electron chi connectivity index (χ0n) is 7.55. The Kier molecular flexibility index (Phi) is 1.93. The zero-order valence-corrected chi connectivity index (χ0v) is 8.37. The highest BCUT2D eigenvalue weighted by molar-refractivity contribution is 7.09. The number of thiazole rings is 1. The highest BCUT2D eigenvalue weighted by Gasteiger charge is 2.41. The molecule has 0 aliphatic heterocycles. The third kappa shape index (κ3) is 1.52. The average molecular weight is 182 g/mol. The van der Waals surface area contributed by atoms with Crippen LogP contribution in [0.15, 0.2) is 5.38 Å². The summed E-state index contributed by atoms with van der Waals surface area (Å²) < 4.78 is 0. The predicted molar refractivity (Wildman–Crippen MR) is 51.6 cm³/mol. The van der Waals surface area contributed by atoms with Crippen molar-refractivity contribution in [2.75, 3.05) is 7.05 Å². The van der Waals surface area contributed by atoms with Gasteiger partial charge >= 0.3 is 0 Å². The Balaban J connectivity index is 2.04. The third-order valence-electron chi connectivity index (χ3n) is 2.57. The maximum atomic E-state index is 4.46. The van der Waals surface area contributed by atoms with E-state index in [1.54, 1.807) is 11.3 Å². The minimum absolute atomic E-state index is 0.403. The molecule has 0 radical (unpaired) electrons. The number of nitrogens with zero attached hydrogens (tertiary/aromatic N) is 1. The number of rotatable bonds is 3. The topological polar surface area (TPSA) is 24.9 Å². The van der Waals surface area contributed by atoms with E-state index in [9.17, 15) is 0 Å². The number of aryl methyl sites for hydroxylation is 1. The molecular formula is C9H14N2S. The Morgan fingerprint density at radius 3 is 2.83 bits per heavy atom. The molecule has 0 spiro atoms. The van der Waals surface area contributed by atoms with Crippen molar-refractivity contribution in [2.24, 2.45) is 0 Å². The minimum atomic E-state index is 0.403. The molecule has 0 aromatic carbocycles. The maximum absolute atomic E-state index is 4.46. The van der Waals surface area contributed by atoms with Gasteiger partial charge < -0.3 is 5.32 Å². The van der Waals surface area contributed by atoms with Crippen LogP contribution in [0.25, 0.3) is 0 Å². The standard InChI is InChI=1S/C9H14N2S/c1-7-11-8(6-12-7)5-9(10-2)3-4-9/h6,10H,3-5H2,1-2H3. The minimum Gasteiger partial charge on any atom is -0.314 e. The summed E-state index contributed by atoms with van der Waals surface area (Å²) in [5.41, 5.74) is 1.66. The number of hydrogen-bond acceptors (Lipinski definition) is 3. The summed E-state index contributed by atoms with van der Waals surface area (Å²) in [5.74, 6) is 0. The van der Waals surface area contributed by atoms with Crippen molar-refractivity contribution in [3.05, 3.63) is 16.1 Å². The Morgan fingerprint density at radius 2 is 2.42 bits per heavy atom. The summed E-state index contributed by atoms with van der Waals surface area (Å²) in [5, 5.41) is 6.73. The van der Waals surface area contributed by atoms with Crippen molar-refractivity contribution in [3.8, 4) is 0 Å². The molecule has 1 aliphatic carbocycles. The smallest absolute Gasteiger partial charge is 0.0897 e. The first-order chi connectivity index (χ1) is 5.74. The highest BCUT2D eigenvalue weighted by atomic mass is 32.1. The fraction of sp³-hybridized carbons (Fsp3) is 0.667. The molecule has 1 aromatic heterocycles. The summed E-state index contributed by atoms with van der Waals surface area (Å²) in [6.45, 7) is 2.06. The van der Waals surface area contributed by atoms with Crippen LogP contribution in [0.2, 0.25) is 0 Å². The van der Waals surface area contributed by atoms with E-state index in [0.717, 1.165) is 6.42 Å². The van der Waals surface area contributed by atoms with Crippen LogP contribution in [-0.2, 0) is 6.42 Å². The average Bonchev–Trinajstić information content (AvgIpc) is 2.71. The van der Waals surface area contributed by atoms with Crippen LogP contribution in [0, 0.1) is 6.92 Å². The van der Waals surface area contributed by atoms with Crippen LogP contribution < -0.4 is 5.32 Å². The first kappa shape index (κ1) is 8.20. The number of nitrogens with one attached hydrogen (secondary N) is 1. The van der Waals surface area contributed by atoms with Gasteiger partial charge in [0.25, 0.3) is 0 Å². The molecule has 0 atom stereocenters. The normalized spacial score (nSPS) is 19.5. The molecule has 3 heteroatoms. The second-order valence-electron chi connectivity index (χ2n) is 3.56. The van der Waals surface area contributed by atoms with Crippen molar-refractivity contribution < 1.29 is 0 Å². The van der Waals surface area contributed by atoms with Gasteiger partial charge in [-0.1, -0.05) is 0 Å². The van der Waals surface area contributed by atoms with E-state index in [1.165, 1.54) is 23.5 Å². The van der Waals surface area contributed by atoms with Gasteiger partial charge in [-0.05, 0) is 26.8 Å². The van der Waals surface area contributed by atoms with Gasteiger partial charge in [0, 0.05) is 17.3 Å². The molecule has 1 heterocycles. The monoisotopic (exact) mass is 182 g/mol. The maximum Gasteiger partial charge on any atom is 0.0897 e. The van der Waals surface area contributed by atoms with Gasteiger partial charge in [0.15, 0.2) is 0 Å². The SMILES string of the molecule is CNC1(Cc2csc(C)n2)CC1. The molecule has 1 fully saturated rings. The molecule has 1 aromatic rings. The van der Waals surface area contributed by atoms with Gasteiger partial charge in [0.2, 0.25) is 0 Å². The summed E-state index contributed by atoms with van der Waals surface area (Å²) in [4.78, 5) is 4.46. The van der Waals surface area contributed by atoms with E-state index >= 15 is 0 Å². The van der Waals surface area contributed by atoms with Crippen LogP contribution in [0.4, 0.5) is 0 Å². The van der Waals surface area contributed by atoms with Crippen molar-refractivity contribution in [2.45, 2.75) is 31.7 Å². The molecule has 1 saturated carbocycles. The van der Waals surface area contributed by atoms with E-state index in [-0.39, 0.29) is 0 Å². The van der Waals surface area contributed by atoms with Crippen LogP contribution in [0.3, 0.4) is 0 Å². The molecule has 66 valence electrons. The summed E-state index contributed by atoms with van der Waals surface area (Å²) in [7, 11) is 2.05. The molecule has 0 amide bonds. The van der Waals surface area contributed by atoms with Crippen molar-refractivity contribution in [3.63, 3.8) is 0 Å². The van der Waals surface area contributed by atoms with Gasteiger partial charge in [-0.15, -0.1) is 11.3 Å². The first-order valence-electron chi connectivity index (χ1n) is 4.34. The molecule has 1 aliphatic rings. The van der Waals surface area contributed by atoms with E-state index in [0.29, 0.717) is 5.54 Å². The van der Waals surface area contributed by atoms with E-state index in [1.807, 2.05) is 7.05 Å². The summed E-state index contributed by atoms with van der Waals surface area (Å²) in [6.07, 6.45) is 3.72. The lowest BCUT2D eigenvalue weighted by Crippen LogP contribution is -2.29. The first-order valence-corrected chi connectivity index (χ1v) is 5.22.